The number of thiophene rings is 1. The van der Waals surface area contributed by atoms with Crippen LogP contribution < -0.4 is 0 Å². The first kappa shape index (κ1) is 15.0. The molecule has 19 heavy (non-hydrogen) atoms. The summed E-state index contributed by atoms with van der Waals surface area (Å²) >= 11 is 1.27. The summed E-state index contributed by atoms with van der Waals surface area (Å²) in [5.74, 6) is 0. The Bertz CT molecular complexity index is 514. The lowest BCUT2D eigenvalue weighted by Crippen LogP contribution is -2.47. The molecule has 0 aromatic carbocycles. The van der Waals surface area contributed by atoms with Gasteiger partial charge in [-0.05, 0) is 38.8 Å². The summed E-state index contributed by atoms with van der Waals surface area (Å²) in [6.45, 7) is 4.02. The van der Waals surface area contributed by atoms with Crippen LogP contribution in [0.25, 0.3) is 0 Å². The molecule has 0 saturated carbocycles. The quantitative estimate of drug-likeness (QED) is 0.928. The summed E-state index contributed by atoms with van der Waals surface area (Å²) in [6.07, 6.45) is 3.47. The maximum Gasteiger partial charge on any atom is 0.253 e. The number of piperidine rings is 1. The number of rotatable bonds is 4. The van der Waals surface area contributed by atoms with Crippen molar-refractivity contribution >= 4 is 21.4 Å². The second-order valence-electron chi connectivity index (χ2n) is 5.16. The fourth-order valence-corrected chi connectivity index (χ4v) is 6.05. The predicted octanol–water partition coefficient (Wildman–Crippen LogP) is 2.23. The number of aliphatic hydroxyl groups is 1. The zero-order valence-electron chi connectivity index (χ0n) is 11.4. The molecule has 108 valence electrons. The minimum atomic E-state index is -3.39. The van der Waals surface area contributed by atoms with Crippen LogP contribution in [0.4, 0.5) is 0 Å². The fourth-order valence-electron chi connectivity index (χ4n) is 2.72. The zero-order valence-corrected chi connectivity index (χ0v) is 13.0. The van der Waals surface area contributed by atoms with Crippen molar-refractivity contribution < 1.29 is 13.5 Å². The second kappa shape index (κ2) is 5.91. The molecule has 6 heteroatoms. The monoisotopic (exact) mass is 303 g/mol. The fraction of sp³-hybridized carbons (Fsp3) is 0.692. The molecule has 1 aromatic heterocycles. The molecule has 1 fully saturated rings. The second-order valence-corrected chi connectivity index (χ2v) is 8.40. The Morgan fingerprint density at radius 3 is 2.53 bits per heavy atom. The van der Waals surface area contributed by atoms with Gasteiger partial charge in [-0.25, -0.2) is 8.42 Å². The molecule has 1 N–H and O–H groups in total. The molecular formula is C13H21NO3S2. The van der Waals surface area contributed by atoms with Crippen molar-refractivity contribution in [2.45, 2.75) is 55.8 Å². The van der Waals surface area contributed by atoms with Crippen molar-refractivity contribution in [3.05, 3.63) is 17.0 Å². The molecule has 2 heterocycles. The van der Waals surface area contributed by atoms with Gasteiger partial charge in [0, 0.05) is 30.0 Å². The summed E-state index contributed by atoms with van der Waals surface area (Å²) in [7, 11) is -3.39. The van der Waals surface area contributed by atoms with Gasteiger partial charge in [-0.15, -0.1) is 11.3 Å². The van der Waals surface area contributed by atoms with Gasteiger partial charge in [0.2, 0.25) is 0 Å². The standard InChI is InChI=1S/C13H21NO3S2/c1-10-4-3-5-11(2)14(10)19(16,17)13-7-6-12(18-13)8-9-15/h6-7,10-11,15H,3-5,8-9H2,1-2H3. The Kier molecular flexibility index (Phi) is 4.66. The van der Waals surface area contributed by atoms with E-state index in [2.05, 4.69) is 0 Å². The maximum atomic E-state index is 12.7. The molecule has 1 aromatic rings. The van der Waals surface area contributed by atoms with Crippen molar-refractivity contribution in [3.63, 3.8) is 0 Å². The highest BCUT2D eigenvalue weighted by Gasteiger charge is 2.36. The van der Waals surface area contributed by atoms with Gasteiger partial charge in [-0.2, -0.15) is 4.31 Å². The van der Waals surface area contributed by atoms with E-state index in [-0.39, 0.29) is 18.7 Å². The summed E-state index contributed by atoms with van der Waals surface area (Å²) in [4.78, 5) is 0.915. The molecule has 1 aliphatic rings. The minimum Gasteiger partial charge on any atom is -0.396 e. The summed E-state index contributed by atoms with van der Waals surface area (Å²) in [6, 6.07) is 3.60. The minimum absolute atomic E-state index is 0.0521. The normalized spacial score (nSPS) is 25.6. The summed E-state index contributed by atoms with van der Waals surface area (Å²) in [5.41, 5.74) is 0. The first-order valence-corrected chi connectivity index (χ1v) is 8.95. The van der Waals surface area contributed by atoms with Crippen molar-refractivity contribution in [3.8, 4) is 0 Å². The van der Waals surface area contributed by atoms with E-state index in [0.29, 0.717) is 10.6 Å². The van der Waals surface area contributed by atoms with Crippen LogP contribution in [0.5, 0.6) is 0 Å². The van der Waals surface area contributed by atoms with E-state index in [9.17, 15) is 8.42 Å². The third-order valence-electron chi connectivity index (χ3n) is 3.64. The van der Waals surface area contributed by atoms with Gasteiger partial charge < -0.3 is 5.11 Å². The molecule has 4 nitrogen and oxygen atoms in total. The van der Waals surface area contributed by atoms with Crippen LogP contribution in [0.3, 0.4) is 0 Å². The number of nitrogens with zero attached hydrogens (tertiary/aromatic N) is 1. The highest BCUT2D eigenvalue weighted by Crippen LogP contribution is 2.32. The average molecular weight is 303 g/mol. The topological polar surface area (TPSA) is 57.6 Å². The molecule has 1 aliphatic heterocycles. The van der Waals surface area contributed by atoms with E-state index in [1.54, 1.807) is 16.4 Å². The van der Waals surface area contributed by atoms with Crippen molar-refractivity contribution in [2.24, 2.45) is 0 Å². The van der Waals surface area contributed by atoms with Crippen LogP contribution in [-0.4, -0.2) is 36.5 Å². The van der Waals surface area contributed by atoms with E-state index in [0.717, 1.165) is 24.1 Å². The molecule has 1 saturated heterocycles. The molecule has 2 atom stereocenters. The Labute approximate surface area is 119 Å². The number of aliphatic hydroxyl groups excluding tert-OH is 1. The zero-order chi connectivity index (χ0) is 14.0. The molecule has 0 amide bonds. The SMILES string of the molecule is CC1CCCC(C)N1S(=O)(=O)c1ccc(CCO)s1. The van der Waals surface area contributed by atoms with E-state index < -0.39 is 10.0 Å². The van der Waals surface area contributed by atoms with Crippen molar-refractivity contribution in [1.82, 2.24) is 4.31 Å². The van der Waals surface area contributed by atoms with E-state index in [4.69, 9.17) is 5.11 Å². The van der Waals surface area contributed by atoms with Crippen LogP contribution in [-0.2, 0) is 16.4 Å². The van der Waals surface area contributed by atoms with Crippen molar-refractivity contribution in [2.75, 3.05) is 6.61 Å². The van der Waals surface area contributed by atoms with E-state index >= 15 is 0 Å². The van der Waals surface area contributed by atoms with Gasteiger partial charge in [-0.1, -0.05) is 6.42 Å². The molecule has 2 unspecified atom stereocenters. The average Bonchev–Trinajstić information content (AvgIpc) is 2.78. The maximum absolute atomic E-state index is 12.7. The van der Waals surface area contributed by atoms with Crippen LogP contribution >= 0.6 is 11.3 Å². The third-order valence-corrected chi connectivity index (χ3v) is 7.38. The van der Waals surface area contributed by atoms with Crippen LogP contribution in [0.2, 0.25) is 0 Å². The lowest BCUT2D eigenvalue weighted by atomic mass is 10.0. The number of sulfonamides is 1. The Morgan fingerprint density at radius 2 is 1.95 bits per heavy atom. The van der Waals surface area contributed by atoms with Gasteiger partial charge in [0.1, 0.15) is 4.21 Å². The molecule has 0 aliphatic carbocycles. The smallest absolute Gasteiger partial charge is 0.253 e. The van der Waals surface area contributed by atoms with Crippen LogP contribution in [0.15, 0.2) is 16.3 Å². The van der Waals surface area contributed by atoms with Gasteiger partial charge in [0.15, 0.2) is 0 Å². The highest BCUT2D eigenvalue weighted by atomic mass is 32.2. The van der Waals surface area contributed by atoms with Crippen LogP contribution in [0.1, 0.15) is 38.0 Å². The van der Waals surface area contributed by atoms with Gasteiger partial charge in [0.25, 0.3) is 10.0 Å². The van der Waals surface area contributed by atoms with Crippen LogP contribution in [0, 0.1) is 0 Å². The molecule has 0 bridgehead atoms. The molecule has 2 rings (SSSR count). The Balaban J connectivity index is 2.29. The molecular weight excluding hydrogens is 282 g/mol. The van der Waals surface area contributed by atoms with Crippen molar-refractivity contribution in [1.29, 1.82) is 0 Å². The largest absolute Gasteiger partial charge is 0.396 e. The lowest BCUT2D eigenvalue weighted by molar-refractivity contribution is 0.204. The molecule has 0 radical (unpaired) electrons. The van der Waals surface area contributed by atoms with E-state index in [1.807, 2.05) is 13.8 Å². The van der Waals surface area contributed by atoms with Gasteiger partial charge in [-0.3, -0.25) is 0 Å². The first-order chi connectivity index (χ1) is 8.96. The molecule has 0 spiro atoms. The first-order valence-electron chi connectivity index (χ1n) is 6.70. The predicted molar refractivity (Wildman–Crippen MR) is 76.9 cm³/mol. The number of hydrogen-bond acceptors (Lipinski definition) is 4. The lowest BCUT2D eigenvalue weighted by Gasteiger charge is -2.37. The summed E-state index contributed by atoms with van der Waals surface area (Å²) in [5, 5.41) is 8.91. The highest BCUT2D eigenvalue weighted by molar-refractivity contribution is 7.91. The number of hydrogen-bond donors (Lipinski definition) is 1. The van der Waals surface area contributed by atoms with E-state index in [1.165, 1.54) is 11.3 Å². The Morgan fingerprint density at radius 1 is 1.32 bits per heavy atom. The van der Waals surface area contributed by atoms with Gasteiger partial charge in [0.05, 0.1) is 0 Å². The summed E-state index contributed by atoms with van der Waals surface area (Å²) < 4.78 is 27.5. The van der Waals surface area contributed by atoms with Gasteiger partial charge >= 0.3 is 0 Å². The Hall–Kier alpha value is -0.430. The third kappa shape index (κ3) is 3.02.